The maximum absolute atomic E-state index is 11.7. The van der Waals surface area contributed by atoms with E-state index in [2.05, 4.69) is 16.7 Å². The molecule has 0 aliphatic heterocycles. The SMILES string of the molecule is N#CC1CCCC1NC(=O)Nc1ccccc1. The van der Waals surface area contributed by atoms with Gasteiger partial charge in [-0.25, -0.2) is 4.79 Å². The van der Waals surface area contributed by atoms with E-state index < -0.39 is 0 Å². The Hall–Kier alpha value is -2.02. The van der Waals surface area contributed by atoms with Crippen molar-refractivity contribution in [1.82, 2.24) is 5.32 Å². The second-order valence-electron chi connectivity index (χ2n) is 4.24. The van der Waals surface area contributed by atoms with E-state index in [9.17, 15) is 4.79 Å². The lowest BCUT2D eigenvalue weighted by Gasteiger charge is -2.16. The quantitative estimate of drug-likeness (QED) is 0.818. The Morgan fingerprint density at radius 3 is 2.76 bits per heavy atom. The van der Waals surface area contributed by atoms with Gasteiger partial charge in [-0.1, -0.05) is 18.2 Å². The van der Waals surface area contributed by atoms with Crippen molar-refractivity contribution in [3.05, 3.63) is 30.3 Å². The number of nitriles is 1. The number of nitrogens with zero attached hydrogens (tertiary/aromatic N) is 1. The molecule has 2 amide bonds. The summed E-state index contributed by atoms with van der Waals surface area (Å²) in [6, 6.07) is 11.3. The van der Waals surface area contributed by atoms with E-state index in [0.29, 0.717) is 0 Å². The number of anilines is 1. The van der Waals surface area contributed by atoms with Gasteiger partial charge in [0, 0.05) is 11.7 Å². The van der Waals surface area contributed by atoms with Crippen LogP contribution < -0.4 is 10.6 Å². The monoisotopic (exact) mass is 229 g/mol. The highest BCUT2D eigenvalue weighted by Gasteiger charge is 2.28. The molecular formula is C13H15N3O. The molecule has 0 bridgehead atoms. The summed E-state index contributed by atoms with van der Waals surface area (Å²) in [6.07, 6.45) is 2.78. The van der Waals surface area contributed by atoms with Crippen LogP contribution in [0.25, 0.3) is 0 Å². The van der Waals surface area contributed by atoms with Crippen LogP contribution >= 0.6 is 0 Å². The number of urea groups is 1. The molecule has 2 rings (SSSR count). The number of rotatable bonds is 2. The van der Waals surface area contributed by atoms with Crippen molar-refractivity contribution < 1.29 is 4.79 Å². The van der Waals surface area contributed by atoms with Crippen LogP contribution in [0.1, 0.15) is 19.3 Å². The van der Waals surface area contributed by atoms with Gasteiger partial charge in [0.15, 0.2) is 0 Å². The van der Waals surface area contributed by atoms with Crippen LogP contribution in [-0.2, 0) is 0 Å². The van der Waals surface area contributed by atoms with E-state index >= 15 is 0 Å². The average Bonchev–Trinajstić information content (AvgIpc) is 2.77. The first kappa shape index (κ1) is 11.5. The topological polar surface area (TPSA) is 64.9 Å². The van der Waals surface area contributed by atoms with Crippen molar-refractivity contribution in [3.8, 4) is 6.07 Å². The first-order valence-electron chi connectivity index (χ1n) is 5.82. The number of hydrogen-bond donors (Lipinski definition) is 2. The first-order chi connectivity index (χ1) is 8.29. The van der Waals surface area contributed by atoms with E-state index in [1.807, 2.05) is 30.3 Å². The zero-order valence-corrected chi connectivity index (χ0v) is 9.52. The Morgan fingerprint density at radius 2 is 2.06 bits per heavy atom. The molecule has 1 aromatic rings. The molecular weight excluding hydrogens is 214 g/mol. The number of hydrogen-bond acceptors (Lipinski definition) is 2. The van der Waals surface area contributed by atoms with Crippen LogP contribution in [0.15, 0.2) is 30.3 Å². The van der Waals surface area contributed by atoms with Gasteiger partial charge in [0.25, 0.3) is 0 Å². The van der Waals surface area contributed by atoms with E-state index in [-0.39, 0.29) is 18.0 Å². The Bertz CT molecular complexity index is 424. The largest absolute Gasteiger partial charge is 0.334 e. The number of para-hydroxylation sites is 1. The second kappa shape index (κ2) is 5.35. The van der Waals surface area contributed by atoms with Crippen molar-refractivity contribution in [1.29, 1.82) is 5.26 Å². The number of amides is 2. The third-order valence-corrected chi connectivity index (χ3v) is 3.03. The molecule has 17 heavy (non-hydrogen) atoms. The van der Waals surface area contributed by atoms with E-state index in [0.717, 1.165) is 24.9 Å². The highest BCUT2D eigenvalue weighted by molar-refractivity contribution is 5.89. The van der Waals surface area contributed by atoms with E-state index in [4.69, 9.17) is 5.26 Å². The summed E-state index contributed by atoms with van der Waals surface area (Å²) < 4.78 is 0. The molecule has 1 saturated carbocycles. The molecule has 2 atom stereocenters. The smallest absolute Gasteiger partial charge is 0.319 e. The Kier molecular flexibility index (Phi) is 3.61. The van der Waals surface area contributed by atoms with Crippen LogP contribution in [-0.4, -0.2) is 12.1 Å². The maximum atomic E-state index is 11.7. The van der Waals surface area contributed by atoms with Gasteiger partial charge in [0.05, 0.1) is 12.0 Å². The summed E-state index contributed by atoms with van der Waals surface area (Å²) in [6.45, 7) is 0. The molecule has 2 unspecified atom stereocenters. The highest BCUT2D eigenvalue weighted by Crippen LogP contribution is 2.24. The normalized spacial score (nSPS) is 22.8. The number of nitrogens with one attached hydrogen (secondary N) is 2. The molecule has 0 aromatic heterocycles. The lowest BCUT2D eigenvalue weighted by Crippen LogP contribution is -2.39. The van der Waals surface area contributed by atoms with Gasteiger partial charge in [-0.2, -0.15) is 5.26 Å². The fraction of sp³-hybridized carbons (Fsp3) is 0.385. The maximum Gasteiger partial charge on any atom is 0.319 e. The third kappa shape index (κ3) is 2.97. The zero-order chi connectivity index (χ0) is 12.1. The van der Waals surface area contributed by atoms with Gasteiger partial charge in [0.2, 0.25) is 0 Å². The number of carbonyl (C=O) groups excluding carboxylic acids is 1. The number of benzene rings is 1. The predicted molar refractivity (Wildman–Crippen MR) is 65.3 cm³/mol. The van der Waals surface area contributed by atoms with Crippen molar-refractivity contribution in [2.24, 2.45) is 5.92 Å². The molecule has 2 N–H and O–H groups in total. The van der Waals surface area contributed by atoms with Gasteiger partial charge in [-0.05, 0) is 31.4 Å². The molecule has 1 aliphatic rings. The summed E-state index contributed by atoms with van der Waals surface area (Å²) in [4.78, 5) is 11.7. The van der Waals surface area contributed by atoms with Crippen molar-refractivity contribution in [3.63, 3.8) is 0 Å². The molecule has 1 fully saturated rings. The Labute approximate surface area is 101 Å². The van der Waals surface area contributed by atoms with Crippen LogP contribution in [0.4, 0.5) is 10.5 Å². The molecule has 0 heterocycles. The third-order valence-electron chi connectivity index (χ3n) is 3.03. The predicted octanol–water partition coefficient (Wildman–Crippen LogP) is 2.50. The summed E-state index contributed by atoms with van der Waals surface area (Å²) in [5.41, 5.74) is 0.761. The molecule has 4 nitrogen and oxygen atoms in total. The summed E-state index contributed by atoms with van der Waals surface area (Å²) in [5.74, 6) is -0.0449. The van der Waals surface area contributed by atoms with Crippen LogP contribution in [0.2, 0.25) is 0 Å². The minimum absolute atomic E-state index is 0.0105. The zero-order valence-electron chi connectivity index (χ0n) is 9.52. The van der Waals surface area contributed by atoms with Crippen molar-refractivity contribution in [2.45, 2.75) is 25.3 Å². The minimum Gasteiger partial charge on any atom is -0.334 e. The van der Waals surface area contributed by atoms with Gasteiger partial charge in [0.1, 0.15) is 0 Å². The second-order valence-corrected chi connectivity index (χ2v) is 4.24. The molecule has 88 valence electrons. The van der Waals surface area contributed by atoms with Crippen LogP contribution in [0.3, 0.4) is 0 Å². The molecule has 0 saturated heterocycles. The fourth-order valence-corrected chi connectivity index (χ4v) is 2.14. The standard InChI is InChI=1S/C13H15N3O/c14-9-10-5-4-8-12(10)16-13(17)15-11-6-2-1-3-7-11/h1-3,6-7,10,12H,4-5,8H2,(H2,15,16,17). The molecule has 1 aromatic carbocycles. The van der Waals surface area contributed by atoms with Gasteiger partial charge in [-0.15, -0.1) is 0 Å². The van der Waals surface area contributed by atoms with E-state index in [1.165, 1.54) is 0 Å². The van der Waals surface area contributed by atoms with Crippen LogP contribution in [0, 0.1) is 17.2 Å². The fourth-order valence-electron chi connectivity index (χ4n) is 2.14. The number of carbonyl (C=O) groups is 1. The molecule has 0 radical (unpaired) electrons. The molecule has 4 heteroatoms. The summed E-state index contributed by atoms with van der Waals surface area (Å²) in [7, 11) is 0. The highest BCUT2D eigenvalue weighted by atomic mass is 16.2. The lowest BCUT2D eigenvalue weighted by molar-refractivity contribution is 0.247. The molecule has 0 spiro atoms. The van der Waals surface area contributed by atoms with Crippen molar-refractivity contribution >= 4 is 11.7 Å². The van der Waals surface area contributed by atoms with E-state index in [1.54, 1.807) is 0 Å². The van der Waals surface area contributed by atoms with Crippen LogP contribution in [0.5, 0.6) is 0 Å². The lowest BCUT2D eigenvalue weighted by atomic mass is 10.1. The summed E-state index contributed by atoms with van der Waals surface area (Å²) >= 11 is 0. The minimum atomic E-state index is -0.233. The summed E-state index contributed by atoms with van der Waals surface area (Å²) in [5, 5.41) is 14.5. The Morgan fingerprint density at radius 1 is 1.29 bits per heavy atom. The van der Waals surface area contributed by atoms with Gasteiger partial charge >= 0.3 is 6.03 Å². The van der Waals surface area contributed by atoms with Gasteiger partial charge < -0.3 is 10.6 Å². The Balaban J connectivity index is 1.88. The average molecular weight is 229 g/mol. The first-order valence-corrected chi connectivity index (χ1v) is 5.82. The molecule has 1 aliphatic carbocycles. The van der Waals surface area contributed by atoms with Gasteiger partial charge in [-0.3, -0.25) is 0 Å². The van der Waals surface area contributed by atoms with Crippen molar-refractivity contribution in [2.75, 3.05) is 5.32 Å².